The number of pyridine rings is 1. The number of hydrogen-bond donors (Lipinski definition) is 0. The Morgan fingerprint density at radius 3 is 2.39 bits per heavy atom. The van der Waals surface area contributed by atoms with Gasteiger partial charge in [-0.3, -0.25) is 9.59 Å². The topological polar surface area (TPSA) is 56.3 Å². The summed E-state index contributed by atoms with van der Waals surface area (Å²) in [6.45, 7) is 0. The first kappa shape index (κ1) is 18.7. The highest BCUT2D eigenvalue weighted by atomic mass is 32.2. The van der Waals surface area contributed by atoms with Crippen LogP contribution in [0, 0.1) is 5.92 Å². The Balaban J connectivity index is 1.69. The number of Topliss-reactive ketones (excluding diaryl/α,β-unsaturated/α-hetero) is 1. The van der Waals surface area contributed by atoms with E-state index in [9.17, 15) is 9.59 Å². The van der Waals surface area contributed by atoms with Crippen LogP contribution in [-0.2, 0) is 9.59 Å². The fourth-order valence-corrected chi connectivity index (χ4v) is 4.69. The molecular weight excluding hydrogens is 370 g/mol. The van der Waals surface area contributed by atoms with Crippen molar-refractivity contribution < 1.29 is 14.3 Å². The van der Waals surface area contributed by atoms with E-state index < -0.39 is 0 Å². The molecule has 2 aliphatic rings. The Hall–Kier alpha value is -2.66. The second-order valence-corrected chi connectivity index (χ2v) is 8.00. The van der Waals surface area contributed by atoms with Crippen molar-refractivity contribution in [1.29, 1.82) is 0 Å². The lowest BCUT2D eigenvalue weighted by Gasteiger charge is -2.28. The van der Waals surface area contributed by atoms with Crippen LogP contribution < -0.4 is 4.74 Å². The van der Waals surface area contributed by atoms with Gasteiger partial charge in [0.05, 0.1) is 4.91 Å². The zero-order chi connectivity index (χ0) is 19.3. The molecule has 5 heteroatoms. The van der Waals surface area contributed by atoms with Gasteiger partial charge in [0.1, 0.15) is 10.8 Å². The first-order valence-corrected chi connectivity index (χ1v) is 10.4. The number of carbonyl (C=O) groups is 2. The van der Waals surface area contributed by atoms with Crippen LogP contribution in [0.25, 0.3) is 0 Å². The number of carbonyl (C=O) groups excluding carboxylic acids is 2. The van der Waals surface area contributed by atoms with Gasteiger partial charge in [-0.1, -0.05) is 55.3 Å². The monoisotopic (exact) mass is 391 g/mol. The molecule has 0 bridgehead atoms. The molecule has 0 spiro atoms. The molecule has 0 saturated heterocycles. The highest BCUT2D eigenvalue weighted by Gasteiger charge is 2.35. The second kappa shape index (κ2) is 8.57. The zero-order valence-corrected chi connectivity index (χ0v) is 16.3. The van der Waals surface area contributed by atoms with E-state index in [2.05, 4.69) is 4.98 Å². The number of benzene rings is 1. The van der Waals surface area contributed by atoms with Gasteiger partial charge in [-0.25, -0.2) is 4.98 Å². The van der Waals surface area contributed by atoms with E-state index in [0.717, 1.165) is 25.7 Å². The number of allylic oxidation sites excluding steroid dienone is 3. The number of ether oxygens (including phenoxy) is 1. The molecule has 0 N–H and O–H groups in total. The summed E-state index contributed by atoms with van der Waals surface area (Å²) in [5.74, 6) is 0.413. The molecule has 142 valence electrons. The molecule has 1 aromatic heterocycles. The third kappa shape index (κ3) is 4.09. The van der Waals surface area contributed by atoms with Crippen molar-refractivity contribution in [2.75, 3.05) is 0 Å². The molecule has 28 heavy (non-hydrogen) atoms. The van der Waals surface area contributed by atoms with E-state index >= 15 is 0 Å². The van der Waals surface area contributed by atoms with Crippen LogP contribution in [0.1, 0.15) is 32.1 Å². The summed E-state index contributed by atoms with van der Waals surface area (Å²) in [6.07, 6.45) is 8.22. The van der Waals surface area contributed by atoms with Crippen LogP contribution in [0.3, 0.4) is 0 Å². The number of hydrogen-bond acceptors (Lipinski definition) is 5. The summed E-state index contributed by atoms with van der Waals surface area (Å²) in [7, 11) is 0. The van der Waals surface area contributed by atoms with E-state index in [1.807, 2.05) is 36.4 Å². The van der Waals surface area contributed by atoms with Crippen molar-refractivity contribution >= 4 is 23.3 Å². The molecule has 2 aliphatic carbocycles. The predicted molar refractivity (Wildman–Crippen MR) is 109 cm³/mol. The molecule has 2 aromatic rings. The Kier molecular flexibility index (Phi) is 5.72. The maximum Gasteiger partial charge on any atom is 0.225 e. The fourth-order valence-electron chi connectivity index (χ4n) is 3.69. The van der Waals surface area contributed by atoms with E-state index in [1.165, 1.54) is 24.3 Å². The lowest BCUT2D eigenvalue weighted by Crippen LogP contribution is -2.27. The molecule has 1 aromatic carbocycles. The van der Waals surface area contributed by atoms with E-state index in [-0.39, 0.29) is 23.2 Å². The Morgan fingerprint density at radius 1 is 0.929 bits per heavy atom. The van der Waals surface area contributed by atoms with Crippen LogP contribution >= 0.6 is 11.8 Å². The average molecular weight is 391 g/mol. The van der Waals surface area contributed by atoms with Crippen molar-refractivity contribution in [3.63, 3.8) is 0 Å². The molecular formula is C23H21NO3S. The summed E-state index contributed by atoms with van der Waals surface area (Å²) in [5, 5.41) is 0.716. The lowest BCUT2D eigenvalue weighted by molar-refractivity contribution is -0.117. The molecule has 0 amide bonds. The second-order valence-electron chi connectivity index (χ2n) is 6.96. The number of thioether (sulfide) groups is 1. The van der Waals surface area contributed by atoms with Crippen molar-refractivity contribution in [1.82, 2.24) is 4.98 Å². The molecule has 0 aliphatic heterocycles. The lowest BCUT2D eigenvalue weighted by atomic mass is 9.80. The number of aromatic nitrogens is 1. The van der Waals surface area contributed by atoms with Crippen LogP contribution in [0.2, 0.25) is 0 Å². The van der Waals surface area contributed by atoms with Gasteiger partial charge < -0.3 is 4.74 Å². The minimum atomic E-state index is -0.179. The highest BCUT2D eigenvalue weighted by molar-refractivity contribution is 8.04. The summed E-state index contributed by atoms with van der Waals surface area (Å²) in [6, 6.07) is 14.7. The maximum atomic E-state index is 13.3. The third-order valence-electron chi connectivity index (χ3n) is 5.03. The fraction of sp³-hybridized carbons (Fsp3) is 0.261. The smallest absolute Gasteiger partial charge is 0.225 e. The predicted octanol–water partition coefficient (Wildman–Crippen LogP) is 5.12. The van der Waals surface area contributed by atoms with Gasteiger partial charge >= 0.3 is 0 Å². The van der Waals surface area contributed by atoms with Crippen molar-refractivity contribution in [2.24, 2.45) is 5.92 Å². The zero-order valence-electron chi connectivity index (χ0n) is 15.5. The molecule has 1 saturated carbocycles. The van der Waals surface area contributed by atoms with Gasteiger partial charge in [-0.05, 0) is 43.0 Å². The molecule has 0 radical (unpaired) electrons. The highest BCUT2D eigenvalue weighted by Crippen LogP contribution is 2.41. The molecule has 4 rings (SSSR count). The number of ketones is 2. The SMILES string of the molecule is O=C1C=C(Oc2ccccc2)C(=O)C(C2CCCCC2)=C1Sc1ccccn1. The van der Waals surface area contributed by atoms with Gasteiger partial charge in [0.15, 0.2) is 11.5 Å². The van der Waals surface area contributed by atoms with Gasteiger partial charge in [-0.15, -0.1) is 0 Å². The molecule has 0 unspecified atom stereocenters. The van der Waals surface area contributed by atoms with Crippen LogP contribution in [0.15, 0.2) is 82.1 Å². The quantitative estimate of drug-likeness (QED) is 0.662. The molecule has 0 atom stereocenters. The largest absolute Gasteiger partial charge is 0.453 e. The van der Waals surface area contributed by atoms with E-state index in [1.54, 1.807) is 18.3 Å². The van der Waals surface area contributed by atoms with Gasteiger partial charge in [0, 0.05) is 17.8 Å². The Labute approximate surface area is 168 Å². The number of nitrogens with zero attached hydrogens (tertiary/aromatic N) is 1. The standard InChI is InChI=1S/C23H21NO3S/c25-18-15-19(27-17-11-5-2-6-12-17)22(26)21(16-9-3-1-4-10-16)23(18)28-20-13-7-8-14-24-20/h2,5-8,11-16H,1,3-4,9-10H2. The Morgan fingerprint density at radius 2 is 1.68 bits per heavy atom. The average Bonchev–Trinajstić information content (AvgIpc) is 2.74. The summed E-state index contributed by atoms with van der Waals surface area (Å²) in [4.78, 5) is 31.1. The summed E-state index contributed by atoms with van der Waals surface area (Å²) in [5.41, 5.74) is 0.605. The maximum absolute atomic E-state index is 13.3. The molecule has 1 fully saturated rings. The Bertz CT molecular complexity index is 929. The van der Waals surface area contributed by atoms with Crippen molar-refractivity contribution in [3.05, 3.63) is 77.0 Å². The van der Waals surface area contributed by atoms with Crippen molar-refractivity contribution in [3.8, 4) is 5.75 Å². The van der Waals surface area contributed by atoms with Gasteiger partial charge in [-0.2, -0.15) is 0 Å². The summed E-state index contributed by atoms with van der Waals surface area (Å²) < 4.78 is 5.79. The first-order valence-electron chi connectivity index (χ1n) is 9.59. The third-order valence-corrected chi connectivity index (χ3v) is 6.10. The van der Waals surface area contributed by atoms with Crippen LogP contribution in [0.4, 0.5) is 0 Å². The van der Waals surface area contributed by atoms with Crippen molar-refractivity contribution in [2.45, 2.75) is 37.1 Å². The molecule has 4 nitrogen and oxygen atoms in total. The normalized spacial score (nSPS) is 18.2. The molecule has 1 heterocycles. The summed E-state index contributed by atoms with van der Waals surface area (Å²) >= 11 is 1.28. The van der Waals surface area contributed by atoms with Gasteiger partial charge in [0.25, 0.3) is 0 Å². The first-order chi connectivity index (χ1) is 13.7. The van der Waals surface area contributed by atoms with E-state index in [4.69, 9.17) is 4.74 Å². The minimum absolute atomic E-state index is 0.0967. The van der Waals surface area contributed by atoms with Crippen LogP contribution in [0.5, 0.6) is 5.75 Å². The van der Waals surface area contributed by atoms with Crippen LogP contribution in [-0.4, -0.2) is 16.6 Å². The van der Waals surface area contributed by atoms with E-state index in [0.29, 0.717) is 21.3 Å². The number of para-hydroxylation sites is 1. The number of rotatable bonds is 5. The minimum Gasteiger partial charge on any atom is -0.453 e. The van der Waals surface area contributed by atoms with Gasteiger partial charge in [0.2, 0.25) is 5.78 Å².